The van der Waals surface area contributed by atoms with Crippen LogP contribution in [0.1, 0.15) is 21.7 Å². The summed E-state index contributed by atoms with van der Waals surface area (Å²) >= 11 is 0. The summed E-state index contributed by atoms with van der Waals surface area (Å²) in [4.78, 5) is 16.1. The molecule has 152 valence electrons. The Kier molecular flexibility index (Phi) is 5.03. The Morgan fingerprint density at radius 3 is 2.47 bits per heavy atom. The van der Waals surface area contributed by atoms with Gasteiger partial charge in [0.15, 0.2) is 0 Å². The van der Waals surface area contributed by atoms with Crippen molar-refractivity contribution in [2.24, 2.45) is 0 Å². The average molecular weight is 410 g/mol. The molecule has 0 spiro atoms. The topological polar surface area (TPSA) is 44.1 Å². The van der Waals surface area contributed by atoms with E-state index in [-0.39, 0.29) is 12.2 Å². The monoisotopic (exact) mass is 410 g/mol. The van der Waals surface area contributed by atoms with Crippen LogP contribution < -0.4 is 0 Å². The molecule has 2 aromatic carbocycles. The maximum Gasteiger partial charge on any atom is 0.416 e. The van der Waals surface area contributed by atoms with Gasteiger partial charge in [-0.1, -0.05) is 36.4 Å². The molecule has 4 rings (SSSR count). The Labute approximate surface area is 170 Å². The third kappa shape index (κ3) is 3.78. The Morgan fingerprint density at radius 1 is 1.00 bits per heavy atom. The number of nitrogens with zero attached hydrogens (tertiary/aromatic N) is 2. The van der Waals surface area contributed by atoms with Crippen LogP contribution in [0, 0.1) is 0 Å². The number of carbonyl (C=O) groups is 1. The summed E-state index contributed by atoms with van der Waals surface area (Å²) in [5.74, 6) is -0.549. The molecule has 0 radical (unpaired) electrons. The van der Waals surface area contributed by atoms with Gasteiger partial charge < -0.3 is 9.30 Å². The minimum Gasteiger partial charge on any atom is -0.464 e. The molecule has 0 aliphatic rings. The van der Waals surface area contributed by atoms with Crippen LogP contribution in [-0.2, 0) is 17.5 Å². The van der Waals surface area contributed by atoms with Gasteiger partial charge in [0, 0.05) is 16.6 Å². The second-order valence-corrected chi connectivity index (χ2v) is 6.76. The Balaban J connectivity index is 1.86. The summed E-state index contributed by atoms with van der Waals surface area (Å²) in [6, 6.07) is 19.9. The lowest BCUT2D eigenvalue weighted by atomic mass is 10.1. The van der Waals surface area contributed by atoms with Crippen molar-refractivity contribution in [2.75, 3.05) is 7.11 Å². The summed E-state index contributed by atoms with van der Waals surface area (Å²) in [6.45, 7) is 0.282. The zero-order valence-electron chi connectivity index (χ0n) is 16.0. The van der Waals surface area contributed by atoms with Crippen LogP contribution >= 0.6 is 0 Å². The van der Waals surface area contributed by atoms with Crippen LogP contribution in [0.4, 0.5) is 13.2 Å². The molecule has 0 aliphatic heterocycles. The Bertz CT molecular complexity index is 1210. The maximum absolute atomic E-state index is 13.2. The number of rotatable bonds is 4. The molecule has 0 fully saturated rings. The third-order valence-electron chi connectivity index (χ3n) is 4.82. The van der Waals surface area contributed by atoms with E-state index in [1.54, 1.807) is 24.3 Å². The summed E-state index contributed by atoms with van der Waals surface area (Å²) in [5, 5.41) is 0.479. The molecule has 0 amide bonds. The van der Waals surface area contributed by atoms with Crippen molar-refractivity contribution >= 4 is 16.9 Å². The van der Waals surface area contributed by atoms with Gasteiger partial charge in [0.2, 0.25) is 0 Å². The average Bonchev–Trinajstić information content (AvgIpc) is 3.11. The molecule has 0 unspecified atom stereocenters. The molecule has 0 bridgehead atoms. The largest absolute Gasteiger partial charge is 0.464 e. The van der Waals surface area contributed by atoms with E-state index < -0.39 is 17.7 Å². The zero-order valence-corrected chi connectivity index (χ0v) is 16.0. The highest BCUT2D eigenvalue weighted by Gasteiger charge is 2.31. The van der Waals surface area contributed by atoms with Gasteiger partial charge in [0.05, 0.1) is 24.9 Å². The number of esters is 1. The van der Waals surface area contributed by atoms with Gasteiger partial charge in [-0.3, -0.25) is 0 Å². The lowest BCUT2D eigenvalue weighted by Gasteiger charge is -2.12. The molecule has 0 saturated heterocycles. The summed E-state index contributed by atoms with van der Waals surface area (Å²) < 4.78 is 46.2. The molecular weight excluding hydrogens is 393 g/mol. The van der Waals surface area contributed by atoms with Gasteiger partial charge in [0.1, 0.15) is 5.69 Å². The maximum atomic E-state index is 13.2. The molecule has 2 aromatic heterocycles. The number of hydrogen-bond acceptors (Lipinski definition) is 3. The highest BCUT2D eigenvalue weighted by molar-refractivity contribution is 5.88. The number of alkyl halides is 3. The van der Waals surface area contributed by atoms with Gasteiger partial charge >= 0.3 is 12.1 Å². The highest BCUT2D eigenvalue weighted by atomic mass is 19.4. The Morgan fingerprint density at radius 2 is 1.77 bits per heavy atom. The van der Waals surface area contributed by atoms with Crippen molar-refractivity contribution in [3.05, 3.63) is 89.7 Å². The van der Waals surface area contributed by atoms with E-state index in [0.717, 1.165) is 23.4 Å². The normalized spacial score (nSPS) is 11.6. The van der Waals surface area contributed by atoms with E-state index >= 15 is 0 Å². The van der Waals surface area contributed by atoms with Crippen LogP contribution in [0.25, 0.3) is 22.2 Å². The molecule has 30 heavy (non-hydrogen) atoms. The van der Waals surface area contributed by atoms with E-state index in [0.29, 0.717) is 16.6 Å². The van der Waals surface area contributed by atoms with Crippen LogP contribution in [0.5, 0.6) is 0 Å². The first-order valence-corrected chi connectivity index (χ1v) is 9.17. The number of fused-ring (bicyclic) bond motifs is 1. The van der Waals surface area contributed by atoms with Crippen molar-refractivity contribution in [3.63, 3.8) is 0 Å². The minimum absolute atomic E-state index is 0.173. The van der Waals surface area contributed by atoms with Gasteiger partial charge in [-0.05, 0) is 42.0 Å². The van der Waals surface area contributed by atoms with Crippen LogP contribution in [0.15, 0.2) is 72.8 Å². The SMILES string of the molecule is COC(=O)c1cccc(Cn2c(-c3ccccc3)cc3cc(C(F)(F)F)ccc32)n1. The number of ether oxygens (including phenoxy) is 1. The first kappa shape index (κ1) is 19.7. The molecule has 7 heteroatoms. The zero-order chi connectivity index (χ0) is 21.3. The number of hydrogen-bond donors (Lipinski definition) is 0. The first-order chi connectivity index (χ1) is 14.4. The fraction of sp³-hybridized carbons (Fsp3) is 0.130. The molecule has 0 saturated carbocycles. The van der Waals surface area contributed by atoms with Crippen LogP contribution in [-0.4, -0.2) is 22.6 Å². The highest BCUT2D eigenvalue weighted by Crippen LogP contribution is 2.35. The van der Waals surface area contributed by atoms with E-state index in [2.05, 4.69) is 4.98 Å². The molecule has 0 aliphatic carbocycles. The summed E-state index contributed by atoms with van der Waals surface area (Å²) in [6.07, 6.45) is -4.42. The molecule has 2 heterocycles. The third-order valence-corrected chi connectivity index (χ3v) is 4.82. The number of halogens is 3. The molecule has 4 nitrogen and oxygen atoms in total. The van der Waals surface area contributed by atoms with Gasteiger partial charge in [-0.15, -0.1) is 0 Å². The summed E-state index contributed by atoms with van der Waals surface area (Å²) in [7, 11) is 1.28. The molecule has 0 atom stereocenters. The molecule has 4 aromatic rings. The van der Waals surface area contributed by atoms with Crippen LogP contribution in [0.3, 0.4) is 0 Å². The quantitative estimate of drug-likeness (QED) is 0.414. The smallest absolute Gasteiger partial charge is 0.416 e. The predicted molar refractivity (Wildman–Crippen MR) is 107 cm³/mol. The van der Waals surface area contributed by atoms with Crippen molar-refractivity contribution in [1.82, 2.24) is 9.55 Å². The van der Waals surface area contributed by atoms with Crippen molar-refractivity contribution in [1.29, 1.82) is 0 Å². The first-order valence-electron chi connectivity index (χ1n) is 9.17. The predicted octanol–water partition coefficient (Wildman–Crippen LogP) is 5.56. The molecular formula is C23H17F3N2O2. The van der Waals surface area contributed by atoms with E-state index in [1.165, 1.54) is 13.2 Å². The van der Waals surface area contributed by atoms with E-state index in [9.17, 15) is 18.0 Å². The number of benzene rings is 2. The van der Waals surface area contributed by atoms with Crippen molar-refractivity contribution in [2.45, 2.75) is 12.7 Å². The second-order valence-electron chi connectivity index (χ2n) is 6.76. The minimum atomic E-state index is -4.42. The second kappa shape index (κ2) is 7.67. The van der Waals surface area contributed by atoms with Crippen molar-refractivity contribution < 1.29 is 22.7 Å². The van der Waals surface area contributed by atoms with Gasteiger partial charge in [0.25, 0.3) is 0 Å². The lowest BCUT2D eigenvalue weighted by Crippen LogP contribution is -2.09. The van der Waals surface area contributed by atoms with E-state index in [1.807, 2.05) is 34.9 Å². The summed E-state index contributed by atoms with van der Waals surface area (Å²) in [5.41, 5.74) is 2.34. The van der Waals surface area contributed by atoms with Gasteiger partial charge in [-0.2, -0.15) is 13.2 Å². The molecule has 0 N–H and O–H groups in total. The fourth-order valence-electron chi connectivity index (χ4n) is 3.41. The van der Waals surface area contributed by atoms with Crippen molar-refractivity contribution in [3.8, 4) is 11.3 Å². The number of carbonyl (C=O) groups excluding carboxylic acids is 1. The number of pyridine rings is 1. The van der Waals surface area contributed by atoms with Crippen LogP contribution in [0.2, 0.25) is 0 Å². The number of aromatic nitrogens is 2. The van der Waals surface area contributed by atoms with E-state index in [4.69, 9.17) is 4.74 Å². The lowest BCUT2D eigenvalue weighted by molar-refractivity contribution is -0.137. The fourth-order valence-corrected chi connectivity index (χ4v) is 3.41. The van der Waals surface area contributed by atoms with Gasteiger partial charge in [-0.25, -0.2) is 9.78 Å². The standard InChI is InChI=1S/C23H17F3N2O2/c1-30-22(29)19-9-5-8-18(27-19)14-28-20-11-10-17(23(24,25)26)12-16(20)13-21(28)15-6-3-2-4-7-15/h2-13H,14H2,1H3. The number of methoxy groups -OCH3 is 1. The Hall–Kier alpha value is -3.61.